The van der Waals surface area contributed by atoms with Gasteiger partial charge in [-0.25, -0.2) is 0 Å². The van der Waals surface area contributed by atoms with Crippen LogP contribution in [0.25, 0.3) is 0 Å². The minimum absolute atomic E-state index is 0.194. The van der Waals surface area contributed by atoms with E-state index in [0.29, 0.717) is 25.1 Å². The summed E-state index contributed by atoms with van der Waals surface area (Å²) in [7, 11) is 1.62. The number of aromatic nitrogens is 2. The number of hydrogen-bond donors (Lipinski definition) is 2. The number of nitrogens with one attached hydrogen (secondary N) is 2. The van der Waals surface area contributed by atoms with Gasteiger partial charge in [0.1, 0.15) is 11.4 Å². The van der Waals surface area contributed by atoms with Gasteiger partial charge >= 0.3 is 0 Å². The normalized spacial score (nSPS) is 10.2. The number of rotatable bonds is 8. The molecule has 1 aromatic carbocycles. The molecule has 0 aliphatic heterocycles. The van der Waals surface area contributed by atoms with Crippen LogP contribution in [-0.4, -0.2) is 35.4 Å². The fourth-order valence-corrected chi connectivity index (χ4v) is 2.79. The van der Waals surface area contributed by atoms with Gasteiger partial charge in [-0.1, -0.05) is 24.3 Å². The summed E-state index contributed by atoms with van der Waals surface area (Å²) in [6.07, 6.45) is 5.44. The van der Waals surface area contributed by atoms with Crippen LogP contribution in [0.1, 0.15) is 32.0 Å². The highest BCUT2D eigenvalue weighted by Gasteiger charge is 2.12. The van der Waals surface area contributed by atoms with Crippen LogP contribution in [0.3, 0.4) is 0 Å². The Kier molecular flexibility index (Phi) is 6.89. The number of benzene rings is 1. The highest BCUT2D eigenvalue weighted by atomic mass is 16.5. The van der Waals surface area contributed by atoms with Gasteiger partial charge in [-0.05, 0) is 41.8 Å². The van der Waals surface area contributed by atoms with Gasteiger partial charge in [-0.2, -0.15) is 0 Å². The molecular weight excluding hydrogens is 368 g/mol. The second-order valence-electron chi connectivity index (χ2n) is 6.29. The maximum atomic E-state index is 12.4. The Morgan fingerprint density at radius 2 is 1.86 bits per heavy atom. The minimum Gasteiger partial charge on any atom is -0.496 e. The molecule has 7 nitrogen and oxygen atoms in total. The summed E-state index contributed by atoms with van der Waals surface area (Å²) in [5.74, 6) is 0.174. The standard InChI is InChI=1S/C22H22N4O3/c1-29-20-7-3-2-6-17(20)8-12-25-22(28)19-13-18(9-11-24-19)21(27)26-15-16-5-4-10-23-14-16/h2-7,9-11,13-14H,8,12,15H2,1H3,(H,25,28)(H,26,27). The Morgan fingerprint density at radius 1 is 1.00 bits per heavy atom. The third kappa shape index (κ3) is 5.62. The van der Waals surface area contributed by atoms with Crippen LogP contribution in [-0.2, 0) is 13.0 Å². The molecule has 2 aromatic heterocycles. The zero-order valence-electron chi connectivity index (χ0n) is 16.1. The lowest BCUT2D eigenvalue weighted by molar-refractivity contribution is 0.0949. The van der Waals surface area contributed by atoms with E-state index >= 15 is 0 Å². The number of para-hydroxylation sites is 1. The van der Waals surface area contributed by atoms with E-state index in [-0.39, 0.29) is 17.5 Å². The van der Waals surface area contributed by atoms with Crippen LogP contribution in [0.5, 0.6) is 5.75 Å². The molecule has 7 heteroatoms. The number of nitrogens with zero attached hydrogens (tertiary/aromatic N) is 2. The van der Waals surface area contributed by atoms with E-state index in [4.69, 9.17) is 4.74 Å². The van der Waals surface area contributed by atoms with E-state index < -0.39 is 0 Å². The number of ether oxygens (including phenoxy) is 1. The maximum Gasteiger partial charge on any atom is 0.269 e. The van der Waals surface area contributed by atoms with Crippen LogP contribution in [0.2, 0.25) is 0 Å². The van der Waals surface area contributed by atoms with Crippen molar-refractivity contribution in [3.05, 3.63) is 89.5 Å². The molecule has 3 aromatic rings. The first-order valence-corrected chi connectivity index (χ1v) is 9.20. The molecule has 29 heavy (non-hydrogen) atoms. The van der Waals surface area contributed by atoms with Crippen molar-refractivity contribution >= 4 is 11.8 Å². The molecule has 148 valence electrons. The maximum absolute atomic E-state index is 12.4. The average molecular weight is 390 g/mol. The van der Waals surface area contributed by atoms with Crippen LogP contribution < -0.4 is 15.4 Å². The van der Waals surface area contributed by atoms with E-state index in [1.165, 1.54) is 12.3 Å². The van der Waals surface area contributed by atoms with E-state index in [1.807, 2.05) is 30.3 Å². The largest absolute Gasteiger partial charge is 0.496 e. The third-order valence-corrected chi connectivity index (χ3v) is 4.30. The lowest BCUT2D eigenvalue weighted by Crippen LogP contribution is -2.28. The fraction of sp³-hybridized carbons (Fsp3) is 0.182. The van der Waals surface area contributed by atoms with Crippen molar-refractivity contribution in [3.8, 4) is 5.75 Å². The number of hydrogen-bond acceptors (Lipinski definition) is 5. The van der Waals surface area contributed by atoms with Crippen molar-refractivity contribution in [2.75, 3.05) is 13.7 Å². The Bertz CT molecular complexity index is 977. The van der Waals surface area contributed by atoms with E-state index in [1.54, 1.807) is 31.6 Å². The van der Waals surface area contributed by atoms with Gasteiger partial charge < -0.3 is 15.4 Å². The Balaban J connectivity index is 1.55. The van der Waals surface area contributed by atoms with Crippen LogP contribution in [0, 0.1) is 0 Å². The first kappa shape index (κ1) is 20.0. The zero-order chi connectivity index (χ0) is 20.5. The molecule has 0 aliphatic carbocycles. The molecule has 3 rings (SSSR count). The fourth-order valence-electron chi connectivity index (χ4n) is 2.79. The van der Waals surface area contributed by atoms with Gasteiger partial charge in [0.05, 0.1) is 7.11 Å². The number of amides is 2. The lowest BCUT2D eigenvalue weighted by Gasteiger charge is -2.09. The molecule has 0 unspecified atom stereocenters. The first-order chi connectivity index (χ1) is 14.2. The lowest BCUT2D eigenvalue weighted by atomic mass is 10.1. The summed E-state index contributed by atoms with van der Waals surface area (Å²) in [6.45, 7) is 0.785. The number of methoxy groups -OCH3 is 1. The molecule has 0 fully saturated rings. The van der Waals surface area contributed by atoms with Gasteiger partial charge in [-0.3, -0.25) is 19.6 Å². The molecule has 0 saturated carbocycles. The highest BCUT2D eigenvalue weighted by molar-refractivity contribution is 5.98. The molecule has 0 aliphatic rings. The molecule has 0 saturated heterocycles. The molecule has 2 heterocycles. The van der Waals surface area contributed by atoms with Crippen molar-refractivity contribution < 1.29 is 14.3 Å². The van der Waals surface area contributed by atoms with Gasteiger partial charge in [0, 0.05) is 37.2 Å². The number of carbonyl (C=O) groups is 2. The third-order valence-electron chi connectivity index (χ3n) is 4.30. The summed E-state index contributed by atoms with van der Waals surface area (Å²) < 4.78 is 5.31. The zero-order valence-corrected chi connectivity index (χ0v) is 16.1. The first-order valence-electron chi connectivity index (χ1n) is 9.20. The van der Waals surface area contributed by atoms with Gasteiger partial charge in [0.15, 0.2) is 0 Å². The number of carbonyl (C=O) groups excluding carboxylic acids is 2. The van der Waals surface area contributed by atoms with Gasteiger partial charge in [-0.15, -0.1) is 0 Å². The Labute approximate surface area is 169 Å². The molecule has 0 bridgehead atoms. The minimum atomic E-state index is -0.332. The molecule has 2 amide bonds. The SMILES string of the molecule is COc1ccccc1CCNC(=O)c1cc(C(=O)NCc2cccnc2)ccn1. The van der Waals surface area contributed by atoms with Crippen molar-refractivity contribution in [3.63, 3.8) is 0 Å². The topological polar surface area (TPSA) is 93.2 Å². The monoisotopic (exact) mass is 390 g/mol. The van der Waals surface area contributed by atoms with Gasteiger partial charge in [0.2, 0.25) is 0 Å². The van der Waals surface area contributed by atoms with Crippen LogP contribution >= 0.6 is 0 Å². The van der Waals surface area contributed by atoms with Crippen LogP contribution in [0.4, 0.5) is 0 Å². The predicted octanol–water partition coefficient (Wildman–Crippen LogP) is 2.39. The second-order valence-corrected chi connectivity index (χ2v) is 6.29. The molecule has 0 spiro atoms. The summed E-state index contributed by atoms with van der Waals surface area (Å²) in [5, 5.41) is 5.63. The van der Waals surface area contributed by atoms with Crippen molar-refractivity contribution in [1.29, 1.82) is 0 Å². The van der Waals surface area contributed by atoms with Crippen molar-refractivity contribution in [2.45, 2.75) is 13.0 Å². The van der Waals surface area contributed by atoms with E-state index in [2.05, 4.69) is 20.6 Å². The summed E-state index contributed by atoms with van der Waals surface area (Å²) in [4.78, 5) is 32.8. The van der Waals surface area contributed by atoms with E-state index in [9.17, 15) is 9.59 Å². The van der Waals surface area contributed by atoms with Crippen LogP contribution in [0.15, 0.2) is 67.1 Å². The Hall–Kier alpha value is -3.74. The molecular formula is C22H22N4O3. The highest BCUT2D eigenvalue weighted by Crippen LogP contribution is 2.17. The van der Waals surface area contributed by atoms with Gasteiger partial charge in [0.25, 0.3) is 11.8 Å². The smallest absolute Gasteiger partial charge is 0.269 e. The predicted molar refractivity (Wildman–Crippen MR) is 109 cm³/mol. The second kappa shape index (κ2) is 9.98. The van der Waals surface area contributed by atoms with E-state index in [0.717, 1.165) is 16.9 Å². The summed E-state index contributed by atoms with van der Waals surface area (Å²) >= 11 is 0. The number of pyridine rings is 2. The van der Waals surface area contributed by atoms with Crippen molar-refractivity contribution in [2.24, 2.45) is 0 Å². The Morgan fingerprint density at radius 3 is 2.66 bits per heavy atom. The molecule has 0 radical (unpaired) electrons. The quantitative estimate of drug-likeness (QED) is 0.616. The summed E-state index contributed by atoms with van der Waals surface area (Å²) in [5.41, 5.74) is 2.47. The average Bonchev–Trinajstić information content (AvgIpc) is 2.78. The summed E-state index contributed by atoms with van der Waals surface area (Å²) in [6, 6.07) is 14.4. The van der Waals surface area contributed by atoms with Crippen molar-refractivity contribution in [1.82, 2.24) is 20.6 Å². The molecule has 2 N–H and O–H groups in total. The molecule has 0 atom stereocenters.